The van der Waals surface area contributed by atoms with Crippen LogP contribution in [0, 0.1) is 11.3 Å². The zero-order valence-electron chi connectivity index (χ0n) is 11.8. The molecule has 4 heteroatoms. The van der Waals surface area contributed by atoms with Crippen molar-refractivity contribution in [3.8, 4) is 0 Å². The molecule has 0 bridgehead atoms. The van der Waals surface area contributed by atoms with Crippen LogP contribution in [0.25, 0.3) is 0 Å². The van der Waals surface area contributed by atoms with Gasteiger partial charge in [0.25, 0.3) is 0 Å². The minimum atomic E-state index is -0.709. The summed E-state index contributed by atoms with van der Waals surface area (Å²) in [7, 11) is 1.39. The molecule has 108 valence electrons. The highest BCUT2D eigenvalue weighted by Gasteiger charge is 2.47. The Morgan fingerprint density at radius 3 is 2.80 bits per heavy atom. The minimum absolute atomic E-state index is 0.167. The van der Waals surface area contributed by atoms with E-state index in [-0.39, 0.29) is 17.7 Å². The molecule has 1 aromatic rings. The second-order valence-electron chi connectivity index (χ2n) is 5.58. The number of halogens is 1. The smallest absolute Gasteiger partial charge is 0.312 e. The highest BCUT2D eigenvalue weighted by atomic mass is 79.9. The van der Waals surface area contributed by atoms with Crippen LogP contribution in [0.1, 0.15) is 31.7 Å². The molecule has 20 heavy (non-hydrogen) atoms. The molecule has 1 fully saturated rings. The van der Waals surface area contributed by atoms with Crippen molar-refractivity contribution >= 4 is 27.7 Å². The maximum Gasteiger partial charge on any atom is 0.312 e. The molecule has 3 nitrogen and oxygen atoms in total. The number of ether oxygens (including phenoxy) is 1. The van der Waals surface area contributed by atoms with E-state index in [2.05, 4.69) is 15.9 Å². The van der Waals surface area contributed by atoms with Crippen LogP contribution < -0.4 is 0 Å². The number of ketones is 1. The first kappa shape index (κ1) is 15.2. The van der Waals surface area contributed by atoms with E-state index in [1.807, 2.05) is 31.2 Å². The summed E-state index contributed by atoms with van der Waals surface area (Å²) in [4.78, 5) is 24.5. The second kappa shape index (κ2) is 6.08. The van der Waals surface area contributed by atoms with E-state index in [1.165, 1.54) is 7.11 Å². The summed E-state index contributed by atoms with van der Waals surface area (Å²) < 4.78 is 5.91. The molecular formula is C16H19BrO3. The topological polar surface area (TPSA) is 43.4 Å². The standard InChI is InChI=1S/C16H19BrO3/c1-16(15(19)20-2)9-5-8-14(18)12(16)10-11-6-3-4-7-13(11)17/h3-4,6-7,12H,5,8-10H2,1-2H3. The van der Waals surface area contributed by atoms with Gasteiger partial charge in [-0.25, -0.2) is 0 Å². The molecule has 0 N–H and O–H groups in total. The fraction of sp³-hybridized carbons (Fsp3) is 0.500. The zero-order valence-corrected chi connectivity index (χ0v) is 13.4. The first-order valence-electron chi connectivity index (χ1n) is 6.83. The summed E-state index contributed by atoms with van der Waals surface area (Å²) >= 11 is 3.51. The van der Waals surface area contributed by atoms with Gasteiger partial charge in [-0.1, -0.05) is 34.1 Å². The van der Waals surface area contributed by atoms with Gasteiger partial charge in [0.15, 0.2) is 0 Å². The van der Waals surface area contributed by atoms with Gasteiger partial charge in [-0.15, -0.1) is 0 Å². The Bertz CT molecular complexity index is 526. The Balaban J connectivity index is 2.32. The molecule has 0 spiro atoms. The van der Waals surface area contributed by atoms with E-state index in [9.17, 15) is 9.59 Å². The summed E-state index contributed by atoms with van der Waals surface area (Å²) in [6.45, 7) is 1.86. The van der Waals surface area contributed by atoms with Crippen molar-refractivity contribution in [2.24, 2.45) is 11.3 Å². The van der Waals surface area contributed by atoms with Crippen molar-refractivity contribution in [1.29, 1.82) is 0 Å². The number of Topliss-reactive ketones (excluding diaryl/α,β-unsaturated/α-hetero) is 1. The van der Waals surface area contributed by atoms with Crippen molar-refractivity contribution in [3.05, 3.63) is 34.3 Å². The van der Waals surface area contributed by atoms with Gasteiger partial charge in [0, 0.05) is 16.8 Å². The normalized spacial score (nSPS) is 26.4. The van der Waals surface area contributed by atoms with Crippen LogP contribution >= 0.6 is 15.9 Å². The Kier molecular flexibility index (Phi) is 4.63. The van der Waals surface area contributed by atoms with Crippen LogP contribution in [0.2, 0.25) is 0 Å². The van der Waals surface area contributed by atoms with Crippen molar-refractivity contribution < 1.29 is 14.3 Å². The van der Waals surface area contributed by atoms with E-state index in [0.29, 0.717) is 19.3 Å². The molecule has 2 atom stereocenters. The van der Waals surface area contributed by atoms with Gasteiger partial charge in [0.1, 0.15) is 5.78 Å². The lowest BCUT2D eigenvalue weighted by Crippen LogP contribution is -2.45. The molecule has 2 rings (SSSR count). The van der Waals surface area contributed by atoms with Crippen molar-refractivity contribution in [2.75, 3.05) is 7.11 Å². The van der Waals surface area contributed by atoms with E-state index in [1.54, 1.807) is 0 Å². The van der Waals surface area contributed by atoms with E-state index in [0.717, 1.165) is 16.5 Å². The molecule has 1 aromatic carbocycles. The van der Waals surface area contributed by atoms with Crippen LogP contribution in [0.4, 0.5) is 0 Å². The average Bonchev–Trinajstić information content (AvgIpc) is 2.44. The van der Waals surface area contributed by atoms with E-state index in [4.69, 9.17) is 4.74 Å². The summed E-state index contributed by atoms with van der Waals surface area (Å²) in [6, 6.07) is 7.83. The van der Waals surface area contributed by atoms with Crippen molar-refractivity contribution in [3.63, 3.8) is 0 Å². The van der Waals surface area contributed by atoms with E-state index >= 15 is 0 Å². The quantitative estimate of drug-likeness (QED) is 0.791. The monoisotopic (exact) mass is 338 g/mol. The first-order valence-corrected chi connectivity index (χ1v) is 7.63. The third kappa shape index (κ3) is 2.80. The summed E-state index contributed by atoms with van der Waals surface area (Å²) in [6.07, 6.45) is 2.60. The lowest BCUT2D eigenvalue weighted by Gasteiger charge is -2.38. The molecular weight excluding hydrogens is 320 g/mol. The zero-order chi connectivity index (χ0) is 14.8. The predicted octanol–water partition coefficient (Wildman–Crippen LogP) is 3.54. The van der Waals surface area contributed by atoms with Crippen molar-refractivity contribution in [2.45, 2.75) is 32.6 Å². The van der Waals surface area contributed by atoms with Crippen LogP contribution in [0.5, 0.6) is 0 Å². The van der Waals surface area contributed by atoms with Gasteiger partial charge < -0.3 is 4.74 Å². The molecule has 1 aliphatic carbocycles. The number of carbonyl (C=O) groups is 2. The third-order valence-corrected chi connectivity index (χ3v) is 5.08. The largest absolute Gasteiger partial charge is 0.469 e. The Morgan fingerprint density at radius 1 is 1.45 bits per heavy atom. The van der Waals surface area contributed by atoms with Gasteiger partial charge in [0.05, 0.1) is 12.5 Å². The highest BCUT2D eigenvalue weighted by Crippen LogP contribution is 2.42. The Labute approximate surface area is 127 Å². The number of methoxy groups -OCH3 is 1. The maximum absolute atomic E-state index is 12.3. The SMILES string of the molecule is COC(=O)C1(C)CCCC(=O)C1Cc1ccccc1Br. The van der Waals surface area contributed by atoms with Gasteiger partial charge in [-0.05, 0) is 37.8 Å². The second-order valence-corrected chi connectivity index (χ2v) is 6.43. The van der Waals surface area contributed by atoms with Crippen LogP contribution in [-0.2, 0) is 20.7 Å². The molecule has 0 amide bonds. The van der Waals surface area contributed by atoms with Gasteiger partial charge >= 0.3 is 5.97 Å². The predicted molar refractivity (Wildman–Crippen MR) is 80.3 cm³/mol. The number of carbonyl (C=O) groups excluding carboxylic acids is 2. The van der Waals surface area contributed by atoms with E-state index < -0.39 is 5.41 Å². The molecule has 2 unspecified atom stereocenters. The molecule has 0 aliphatic heterocycles. The number of esters is 1. The van der Waals surface area contributed by atoms with Gasteiger partial charge in [-0.3, -0.25) is 9.59 Å². The third-order valence-electron chi connectivity index (χ3n) is 4.31. The van der Waals surface area contributed by atoms with Crippen LogP contribution in [-0.4, -0.2) is 18.9 Å². The lowest BCUT2D eigenvalue weighted by atomic mass is 9.65. The average molecular weight is 339 g/mol. The number of rotatable bonds is 3. The van der Waals surface area contributed by atoms with Gasteiger partial charge in [0.2, 0.25) is 0 Å². The number of hydrogen-bond acceptors (Lipinski definition) is 3. The molecule has 1 saturated carbocycles. The maximum atomic E-state index is 12.3. The lowest BCUT2D eigenvalue weighted by molar-refractivity contribution is -0.161. The Morgan fingerprint density at radius 2 is 2.15 bits per heavy atom. The first-order chi connectivity index (χ1) is 9.49. The van der Waals surface area contributed by atoms with Crippen LogP contribution in [0.3, 0.4) is 0 Å². The Hall–Kier alpha value is -1.16. The van der Waals surface area contributed by atoms with Crippen molar-refractivity contribution in [1.82, 2.24) is 0 Å². The molecule has 0 aromatic heterocycles. The summed E-state index contributed by atoms with van der Waals surface area (Å²) in [5.41, 5.74) is 0.349. The number of benzene rings is 1. The molecule has 0 radical (unpaired) electrons. The molecule has 1 aliphatic rings. The summed E-state index contributed by atoms with van der Waals surface area (Å²) in [5, 5.41) is 0. The molecule has 0 heterocycles. The fourth-order valence-corrected chi connectivity index (χ4v) is 3.48. The minimum Gasteiger partial charge on any atom is -0.469 e. The van der Waals surface area contributed by atoms with Crippen LogP contribution in [0.15, 0.2) is 28.7 Å². The number of hydrogen-bond donors (Lipinski definition) is 0. The highest BCUT2D eigenvalue weighted by molar-refractivity contribution is 9.10. The summed E-state index contributed by atoms with van der Waals surface area (Å²) in [5.74, 6) is -0.412. The molecule has 0 saturated heterocycles. The van der Waals surface area contributed by atoms with Gasteiger partial charge in [-0.2, -0.15) is 0 Å². The fourth-order valence-electron chi connectivity index (χ4n) is 3.03.